The number of benzene rings is 1. The zero-order valence-electron chi connectivity index (χ0n) is 14.9. The Morgan fingerprint density at radius 3 is 2.56 bits per heavy atom. The second-order valence-electron chi connectivity index (χ2n) is 6.54. The van der Waals surface area contributed by atoms with E-state index >= 15 is 0 Å². The largest absolute Gasteiger partial charge is 0.496 e. The van der Waals surface area contributed by atoms with Gasteiger partial charge in [-0.3, -0.25) is 0 Å². The molecule has 0 unspecified atom stereocenters. The van der Waals surface area contributed by atoms with Crippen molar-refractivity contribution in [3.8, 4) is 16.9 Å². The molecule has 1 fully saturated rings. The van der Waals surface area contributed by atoms with Crippen LogP contribution in [0.5, 0.6) is 5.75 Å². The van der Waals surface area contributed by atoms with Crippen LogP contribution in [0.3, 0.4) is 0 Å². The van der Waals surface area contributed by atoms with Gasteiger partial charge in [-0.15, -0.1) is 0 Å². The SMILES string of the molecule is COc1ccccc1-c1cnn2c(N3CCN(C)CC3)cc(C)nc12. The fourth-order valence-electron chi connectivity index (χ4n) is 3.38. The topological polar surface area (TPSA) is 45.9 Å². The Hall–Kier alpha value is -2.60. The van der Waals surface area contributed by atoms with E-state index in [0.717, 1.165) is 60.2 Å². The van der Waals surface area contributed by atoms with Crippen LogP contribution in [0, 0.1) is 6.92 Å². The lowest BCUT2D eigenvalue weighted by molar-refractivity contribution is 0.311. The van der Waals surface area contributed by atoms with Gasteiger partial charge < -0.3 is 14.5 Å². The van der Waals surface area contributed by atoms with Gasteiger partial charge >= 0.3 is 0 Å². The van der Waals surface area contributed by atoms with Crippen molar-refractivity contribution in [2.24, 2.45) is 0 Å². The zero-order chi connectivity index (χ0) is 17.4. The molecule has 0 aliphatic carbocycles. The Morgan fingerprint density at radius 1 is 1.04 bits per heavy atom. The molecule has 2 aromatic heterocycles. The number of piperazine rings is 1. The number of fused-ring (bicyclic) bond motifs is 1. The number of likely N-dealkylation sites (N-methyl/N-ethyl adjacent to an activating group) is 1. The average Bonchev–Trinajstić information content (AvgIpc) is 3.05. The van der Waals surface area contributed by atoms with Crippen molar-refractivity contribution in [2.75, 3.05) is 45.2 Å². The van der Waals surface area contributed by atoms with Crippen LogP contribution in [-0.2, 0) is 0 Å². The van der Waals surface area contributed by atoms with E-state index in [9.17, 15) is 0 Å². The van der Waals surface area contributed by atoms with Crippen molar-refractivity contribution in [3.63, 3.8) is 0 Å². The van der Waals surface area contributed by atoms with Crippen LogP contribution in [0.25, 0.3) is 16.8 Å². The highest BCUT2D eigenvalue weighted by atomic mass is 16.5. The van der Waals surface area contributed by atoms with Gasteiger partial charge in [-0.1, -0.05) is 18.2 Å². The first-order valence-electron chi connectivity index (χ1n) is 8.59. The van der Waals surface area contributed by atoms with E-state index in [1.54, 1.807) is 7.11 Å². The number of ether oxygens (including phenoxy) is 1. The van der Waals surface area contributed by atoms with Gasteiger partial charge in [-0.25, -0.2) is 4.98 Å². The molecule has 25 heavy (non-hydrogen) atoms. The maximum atomic E-state index is 5.53. The van der Waals surface area contributed by atoms with Crippen molar-refractivity contribution in [2.45, 2.75) is 6.92 Å². The smallest absolute Gasteiger partial charge is 0.165 e. The van der Waals surface area contributed by atoms with Gasteiger partial charge in [-0.2, -0.15) is 9.61 Å². The fourth-order valence-corrected chi connectivity index (χ4v) is 3.38. The monoisotopic (exact) mass is 337 g/mol. The molecule has 1 saturated heterocycles. The number of rotatable bonds is 3. The molecule has 6 heteroatoms. The molecule has 3 aromatic rings. The number of methoxy groups -OCH3 is 1. The molecule has 1 aliphatic rings. The summed E-state index contributed by atoms with van der Waals surface area (Å²) in [6, 6.07) is 10.1. The molecule has 0 bridgehead atoms. The van der Waals surface area contributed by atoms with E-state index in [4.69, 9.17) is 9.72 Å². The van der Waals surface area contributed by atoms with Gasteiger partial charge in [0.15, 0.2) is 5.65 Å². The summed E-state index contributed by atoms with van der Waals surface area (Å²) < 4.78 is 7.48. The molecule has 130 valence electrons. The standard InChI is InChI=1S/C19H23N5O/c1-14-12-18(23-10-8-22(2)9-11-23)24-19(21-14)16(13-20-24)15-6-4-5-7-17(15)25-3/h4-7,12-13H,8-11H2,1-3H3. The van der Waals surface area contributed by atoms with E-state index < -0.39 is 0 Å². The van der Waals surface area contributed by atoms with Crippen LogP contribution < -0.4 is 9.64 Å². The second-order valence-corrected chi connectivity index (χ2v) is 6.54. The minimum absolute atomic E-state index is 0.835. The zero-order valence-corrected chi connectivity index (χ0v) is 14.9. The summed E-state index contributed by atoms with van der Waals surface area (Å²) in [5.41, 5.74) is 3.88. The van der Waals surface area contributed by atoms with E-state index in [0.29, 0.717) is 0 Å². The first-order valence-corrected chi connectivity index (χ1v) is 8.59. The molecular weight excluding hydrogens is 314 g/mol. The highest BCUT2D eigenvalue weighted by molar-refractivity contribution is 5.82. The lowest BCUT2D eigenvalue weighted by Crippen LogP contribution is -2.45. The summed E-state index contributed by atoms with van der Waals surface area (Å²) in [7, 11) is 3.86. The summed E-state index contributed by atoms with van der Waals surface area (Å²) in [6.07, 6.45) is 1.89. The van der Waals surface area contributed by atoms with Gasteiger partial charge in [-0.05, 0) is 20.0 Å². The number of aryl methyl sites for hydroxylation is 1. The van der Waals surface area contributed by atoms with Crippen LogP contribution in [0.15, 0.2) is 36.5 Å². The van der Waals surface area contributed by atoms with Gasteiger partial charge in [0.05, 0.1) is 18.9 Å². The predicted octanol–water partition coefficient (Wildman–Crippen LogP) is 2.47. The lowest BCUT2D eigenvalue weighted by atomic mass is 10.1. The maximum absolute atomic E-state index is 5.53. The Balaban J connectivity index is 1.84. The van der Waals surface area contributed by atoms with Gasteiger partial charge in [0.25, 0.3) is 0 Å². The first-order chi connectivity index (χ1) is 12.2. The molecule has 3 heterocycles. The summed E-state index contributed by atoms with van der Waals surface area (Å²) in [6.45, 7) is 6.16. The molecular formula is C19H23N5O. The Labute approximate surface area is 147 Å². The molecule has 0 radical (unpaired) electrons. The third-order valence-corrected chi connectivity index (χ3v) is 4.81. The van der Waals surface area contributed by atoms with Crippen molar-refractivity contribution in [1.82, 2.24) is 19.5 Å². The highest BCUT2D eigenvalue weighted by Crippen LogP contribution is 2.33. The van der Waals surface area contributed by atoms with Crippen molar-refractivity contribution in [1.29, 1.82) is 0 Å². The molecule has 0 amide bonds. The van der Waals surface area contributed by atoms with Crippen LogP contribution in [0.1, 0.15) is 5.69 Å². The molecule has 1 aromatic carbocycles. The number of anilines is 1. The van der Waals surface area contributed by atoms with E-state index in [1.165, 1.54) is 0 Å². The van der Waals surface area contributed by atoms with Crippen molar-refractivity contribution < 1.29 is 4.74 Å². The van der Waals surface area contributed by atoms with Crippen molar-refractivity contribution in [3.05, 3.63) is 42.2 Å². The summed E-state index contributed by atoms with van der Waals surface area (Å²) >= 11 is 0. The Kier molecular flexibility index (Phi) is 4.05. The van der Waals surface area contributed by atoms with Crippen LogP contribution >= 0.6 is 0 Å². The Bertz CT molecular complexity index is 896. The second kappa shape index (κ2) is 6.37. The normalized spacial score (nSPS) is 15.7. The number of para-hydroxylation sites is 1. The number of hydrogen-bond acceptors (Lipinski definition) is 5. The third kappa shape index (κ3) is 2.82. The summed E-state index contributed by atoms with van der Waals surface area (Å²) in [5.74, 6) is 1.94. The Morgan fingerprint density at radius 2 is 1.80 bits per heavy atom. The van der Waals surface area contributed by atoms with Gasteiger partial charge in [0, 0.05) is 43.5 Å². The van der Waals surface area contributed by atoms with E-state index in [1.807, 2.05) is 35.8 Å². The molecule has 1 aliphatic heterocycles. The third-order valence-electron chi connectivity index (χ3n) is 4.81. The molecule has 6 nitrogen and oxygen atoms in total. The minimum Gasteiger partial charge on any atom is -0.496 e. The number of nitrogens with zero attached hydrogens (tertiary/aromatic N) is 5. The van der Waals surface area contributed by atoms with Gasteiger partial charge in [0.2, 0.25) is 0 Å². The summed E-state index contributed by atoms with van der Waals surface area (Å²) in [5, 5.41) is 4.65. The highest BCUT2D eigenvalue weighted by Gasteiger charge is 2.20. The molecule has 0 spiro atoms. The molecule has 0 N–H and O–H groups in total. The minimum atomic E-state index is 0.835. The quantitative estimate of drug-likeness (QED) is 0.735. The molecule has 0 atom stereocenters. The summed E-state index contributed by atoms with van der Waals surface area (Å²) in [4.78, 5) is 9.51. The maximum Gasteiger partial charge on any atom is 0.165 e. The number of hydrogen-bond donors (Lipinski definition) is 0. The first kappa shape index (κ1) is 15.9. The number of aromatic nitrogens is 3. The molecule has 0 saturated carbocycles. The van der Waals surface area contributed by atoms with E-state index in [-0.39, 0.29) is 0 Å². The fraction of sp³-hybridized carbons (Fsp3) is 0.368. The van der Waals surface area contributed by atoms with Crippen molar-refractivity contribution >= 4 is 11.5 Å². The van der Waals surface area contributed by atoms with Crippen LogP contribution in [0.4, 0.5) is 5.82 Å². The molecule has 4 rings (SSSR count). The van der Waals surface area contributed by atoms with E-state index in [2.05, 4.69) is 34.1 Å². The predicted molar refractivity (Wildman–Crippen MR) is 99.4 cm³/mol. The lowest BCUT2D eigenvalue weighted by Gasteiger charge is -2.34. The van der Waals surface area contributed by atoms with Crippen LogP contribution in [-0.4, -0.2) is 59.8 Å². The van der Waals surface area contributed by atoms with Crippen LogP contribution in [0.2, 0.25) is 0 Å². The average molecular weight is 337 g/mol. The van der Waals surface area contributed by atoms with Gasteiger partial charge in [0.1, 0.15) is 11.6 Å².